The smallest absolute Gasteiger partial charge is 0.333 e. The molecule has 11 heteroatoms. The predicted molar refractivity (Wildman–Crippen MR) is 100 cm³/mol. The first-order valence-electron chi connectivity index (χ1n) is 9.12. The van der Waals surface area contributed by atoms with E-state index in [1.54, 1.807) is 12.1 Å². The molecule has 2 aromatic heterocycles. The average Bonchev–Trinajstić information content (AvgIpc) is 3.38. The molecule has 0 saturated carbocycles. The molecule has 0 atom stereocenters. The summed E-state index contributed by atoms with van der Waals surface area (Å²) in [6.45, 7) is -0.891. The maximum absolute atomic E-state index is 13.0. The van der Waals surface area contributed by atoms with Crippen molar-refractivity contribution in [3.63, 3.8) is 0 Å². The Morgan fingerprint density at radius 1 is 1.17 bits per heavy atom. The number of halogens is 2. The van der Waals surface area contributed by atoms with E-state index in [-0.39, 0.29) is 29.8 Å². The highest BCUT2D eigenvalue weighted by Gasteiger charge is 2.28. The molecule has 0 unspecified atom stereocenters. The van der Waals surface area contributed by atoms with Crippen LogP contribution in [0, 0.1) is 0 Å². The van der Waals surface area contributed by atoms with E-state index in [4.69, 9.17) is 4.42 Å². The molecule has 0 aliphatic carbocycles. The summed E-state index contributed by atoms with van der Waals surface area (Å²) < 4.78 is 58.6. The van der Waals surface area contributed by atoms with Crippen molar-refractivity contribution < 1.29 is 21.6 Å². The molecular weight excluding hydrogens is 404 g/mol. The second kappa shape index (κ2) is 9.23. The summed E-state index contributed by atoms with van der Waals surface area (Å²) in [7, 11) is -4.06. The standard InChI is InChI=1S/C18H21F2N5O3S/c1-2-3-7-10-24(29(26,27)15-11-21-25(12-15)18(19)20)13-16-22-23-17(28-16)14-8-5-4-6-9-14/h4-6,8-9,11-12,18H,2-3,7,10,13H2,1H3. The van der Waals surface area contributed by atoms with Gasteiger partial charge in [0.15, 0.2) is 0 Å². The number of nitrogens with zero attached hydrogens (tertiary/aromatic N) is 5. The van der Waals surface area contributed by atoms with Crippen LogP contribution in [-0.4, -0.2) is 39.2 Å². The summed E-state index contributed by atoms with van der Waals surface area (Å²) >= 11 is 0. The molecule has 1 aromatic carbocycles. The number of aromatic nitrogens is 4. The number of hydrogen-bond acceptors (Lipinski definition) is 6. The fourth-order valence-electron chi connectivity index (χ4n) is 2.70. The van der Waals surface area contributed by atoms with Crippen molar-refractivity contribution in [1.29, 1.82) is 0 Å². The molecule has 0 aliphatic rings. The summed E-state index contributed by atoms with van der Waals surface area (Å²) in [6.07, 6.45) is 4.06. The zero-order chi connectivity index (χ0) is 20.9. The van der Waals surface area contributed by atoms with Gasteiger partial charge in [0, 0.05) is 12.1 Å². The van der Waals surface area contributed by atoms with E-state index in [0.29, 0.717) is 16.7 Å². The number of sulfonamides is 1. The van der Waals surface area contributed by atoms with E-state index in [2.05, 4.69) is 15.3 Å². The van der Waals surface area contributed by atoms with Crippen LogP contribution in [0.25, 0.3) is 11.5 Å². The second-order valence-corrected chi connectivity index (χ2v) is 8.28. The summed E-state index contributed by atoms with van der Waals surface area (Å²) in [5, 5.41) is 11.3. The van der Waals surface area contributed by atoms with Crippen molar-refractivity contribution >= 4 is 10.0 Å². The molecule has 0 bridgehead atoms. The topological polar surface area (TPSA) is 94.1 Å². The second-order valence-electron chi connectivity index (χ2n) is 6.35. The Morgan fingerprint density at radius 3 is 2.59 bits per heavy atom. The lowest BCUT2D eigenvalue weighted by Gasteiger charge is -2.19. The van der Waals surface area contributed by atoms with Crippen molar-refractivity contribution in [2.75, 3.05) is 6.54 Å². The molecule has 3 rings (SSSR count). The highest BCUT2D eigenvalue weighted by atomic mass is 32.2. The Kier molecular flexibility index (Phi) is 6.70. The van der Waals surface area contributed by atoms with E-state index in [0.717, 1.165) is 29.5 Å². The summed E-state index contributed by atoms with van der Waals surface area (Å²) in [4.78, 5) is -0.308. The van der Waals surface area contributed by atoms with Crippen molar-refractivity contribution in [3.05, 3.63) is 48.6 Å². The third kappa shape index (κ3) is 5.04. The van der Waals surface area contributed by atoms with Gasteiger partial charge in [0.2, 0.25) is 21.8 Å². The van der Waals surface area contributed by atoms with Gasteiger partial charge in [-0.15, -0.1) is 10.2 Å². The van der Waals surface area contributed by atoms with Gasteiger partial charge in [0.1, 0.15) is 4.90 Å². The molecule has 3 aromatic rings. The number of benzene rings is 1. The number of rotatable bonds is 10. The first-order chi connectivity index (χ1) is 13.9. The van der Waals surface area contributed by atoms with Gasteiger partial charge in [-0.3, -0.25) is 0 Å². The Morgan fingerprint density at radius 2 is 1.93 bits per heavy atom. The molecule has 2 heterocycles. The van der Waals surface area contributed by atoms with Crippen LogP contribution in [0.2, 0.25) is 0 Å². The minimum Gasteiger partial charge on any atom is -0.419 e. The van der Waals surface area contributed by atoms with Gasteiger partial charge in [0.25, 0.3) is 0 Å². The minimum absolute atomic E-state index is 0.116. The zero-order valence-corrected chi connectivity index (χ0v) is 16.6. The molecule has 0 fully saturated rings. The zero-order valence-electron chi connectivity index (χ0n) is 15.8. The van der Waals surface area contributed by atoms with E-state index < -0.39 is 16.6 Å². The fourth-order valence-corrected chi connectivity index (χ4v) is 4.07. The van der Waals surface area contributed by atoms with Crippen LogP contribution >= 0.6 is 0 Å². The van der Waals surface area contributed by atoms with Gasteiger partial charge in [0.05, 0.1) is 18.9 Å². The van der Waals surface area contributed by atoms with Crippen LogP contribution in [0.5, 0.6) is 0 Å². The largest absolute Gasteiger partial charge is 0.419 e. The summed E-state index contributed by atoms with van der Waals surface area (Å²) in [5.74, 6) is 0.391. The molecule has 8 nitrogen and oxygen atoms in total. The van der Waals surface area contributed by atoms with E-state index >= 15 is 0 Å². The van der Waals surface area contributed by atoms with Gasteiger partial charge in [-0.1, -0.05) is 38.0 Å². The Bertz CT molecular complexity index is 1020. The number of alkyl halides is 2. The molecule has 0 N–H and O–H groups in total. The molecule has 0 aliphatic heterocycles. The SMILES string of the molecule is CCCCCN(Cc1nnc(-c2ccccc2)o1)S(=O)(=O)c1cnn(C(F)F)c1. The lowest BCUT2D eigenvalue weighted by Crippen LogP contribution is -2.31. The molecule has 156 valence electrons. The maximum atomic E-state index is 13.0. The van der Waals surface area contributed by atoms with Crippen LogP contribution in [0.15, 0.2) is 52.0 Å². The molecular formula is C18H21F2N5O3S. The van der Waals surface area contributed by atoms with Crippen LogP contribution in [-0.2, 0) is 16.6 Å². The minimum atomic E-state index is -4.06. The van der Waals surface area contributed by atoms with Crippen LogP contribution in [0.1, 0.15) is 38.6 Å². The van der Waals surface area contributed by atoms with Crippen LogP contribution in [0.4, 0.5) is 8.78 Å². The van der Waals surface area contributed by atoms with Gasteiger partial charge in [-0.25, -0.2) is 13.1 Å². The number of unbranched alkanes of at least 4 members (excludes halogenated alkanes) is 2. The Balaban J connectivity index is 1.84. The quantitative estimate of drug-likeness (QED) is 0.460. The normalized spacial score (nSPS) is 12.2. The van der Waals surface area contributed by atoms with Crippen molar-refractivity contribution in [2.24, 2.45) is 0 Å². The lowest BCUT2D eigenvalue weighted by molar-refractivity contribution is 0.0563. The van der Waals surface area contributed by atoms with Gasteiger partial charge in [-0.2, -0.15) is 18.2 Å². The number of hydrogen-bond donors (Lipinski definition) is 0. The summed E-state index contributed by atoms with van der Waals surface area (Å²) in [5.41, 5.74) is 0.713. The first kappa shape index (κ1) is 21.1. The monoisotopic (exact) mass is 425 g/mol. The average molecular weight is 425 g/mol. The first-order valence-corrected chi connectivity index (χ1v) is 10.6. The van der Waals surface area contributed by atoms with Gasteiger partial charge in [-0.05, 0) is 18.6 Å². The van der Waals surface area contributed by atoms with Gasteiger partial charge < -0.3 is 4.42 Å². The fraction of sp³-hybridized carbons (Fsp3) is 0.389. The molecule has 29 heavy (non-hydrogen) atoms. The van der Waals surface area contributed by atoms with Crippen molar-refractivity contribution in [1.82, 2.24) is 24.3 Å². The van der Waals surface area contributed by atoms with E-state index in [9.17, 15) is 17.2 Å². The van der Waals surface area contributed by atoms with Gasteiger partial charge >= 0.3 is 6.55 Å². The third-order valence-electron chi connectivity index (χ3n) is 4.23. The third-order valence-corrected chi connectivity index (χ3v) is 6.02. The van der Waals surface area contributed by atoms with E-state index in [1.807, 2.05) is 25.1 Å². The van der Waals surface area contributed by atoms with Crippen LogP contribution in [0.3, 0.4) is 0 Å². The molecule has 0 saturated heterocycles. The van der Waals surface area contributed by atoms with Crippen molar-refractivity contribution in [2.45, 2.75) is 44.2 Å². The highest BCUT2D eigenvalue weighted by molar-refractivity contribution is 7.89. The maximum Gasteiger partial charge on any atom is 0.333 e. The van der Waals surface area contributed by atoms with Crippen LogP contribution < -0.4 is 0 Å². The van der Waals surface area contributed by atoms with Crippen molar-refractivity contribution in [3.8, 4) is 11.5 Å². The Labute approximate surface area is 167 Å². The summed E-state index contributed by atoms with van der Waals surface area (Å²) in [6, 6.07) is 9.09. The van der Waals surface area contributed by atoms with E-state index in [1.165, 1.54) is 0 Å². The molecule has 0 amide bonds. The molecule has 0 radical (unpaired) electrons. The highest BCUT2D eigenvalue weighted by Crippen LogP contribution is 2.22. The lowest BCUT2D eigenvalue weighted by atomic mass is 10.2. The Hall–Kier alpha value is -2.66. The predicted octanol–water partition coefficient (Wildman–Crippen LogP) is 3.71. The molecule has 0 spiro atoms.